The Morgan fingerprint density at radius 3 is 2.70 bits per heavy atom. The zero-order valence-electron chi connectivity index (χ0n) is 15.2. The van der Waals surface area contributed by atoms with E-state index in [1.54, 1.807) is 24.3 Å². The summed E-state index contributed by atoms with van der Waals surface area (Å²) in [7, 11) is 0. The molecule has 0 spiro atoms. The Balaban J connectivity index is 1.44. The van der Waals surface area contributed by atoms with Crippen LogP contribution in [0.3, 0.4) is 0 Å². The molecule has 0 aliphatic carbocycles. The maximum absolute atomic E-state index is 12.6. The van der Waals surface area contributed by atoms with Gasteiger partial charge in [0.05, 0.1) is 5.39 Å². The normalized spacial score (nSPS) is 18.5. The summed E-state index contributed by atoms with van der Waals surface area (Å²) in [5, 5.41) is 3.49. The molecule has 1 aliphatic heterocycles. The summed E-state index contributed by atoms with van der Waals surface area (Å²) in [5.41, 5.74) is 1.50. The van der Waals surface area contributed by atoms with E-state index in [-0.39, 0.29) is 23.1 Å². The first kappa shape index (κ1) is 17.5. The van der Waals surface area contributed by atoms with Crippen molar-refractivity contribution in [1.82, 2.24) is 10.2 Å². The third-order valence-electron chi connectivity index (χ3n) is 5.24. The Morgan fingerprint density at radius 1 is 1.15 bits per heavy atom. The van der Waals surface area contributed by atoms with Crippen molar-refractivity contribution < 1.29 is 9.21 Å². The van der Waals surface area contributed by atoms with Gasteiger partial charge in [0.25, 0.3) is 5.91 Å². The molecule has 5 heteroatoms. The fraction of sp³-hybridized carbons (Fsp3) is 0.273. The van der Waals surface area contributed by atoms with Gasteiger partial charge < -0.3 is 9.73 Å². The molecule has 138 valence electrons. The van der Waals surface area contributed by atoms with Crippen molar-refractivity contribution in [3.63, 3.8) is 0 Å². The number of hydrogen-bond acceptors (Lipinski definition) is 4. The highest BCUT2D eigenvalue weighted by Gasteiger charge is 2.28. The van der Waals surface area contributed by atoms with E-state index in [1.807, 2.05) is 18.2 Å². The molecule has 0 bridgehead atoms. The highest BCUT2D eigenvalue weighted by molar-refractivity contribution is 5.93. The van der Waals surface area contributed by atoms with Crippen LogP contribution in [0.2, 0.25) is 0 Å². The molecule has 2 aromatic carbocycles. The summed E-state index contributed by atoms with van der Waals surface area (Å²) in [6.07, 6.45) is 0.876. The van der Waals surface area contributed by atoms with Gasteiger partial charge in [-0.2, -0.15) is 0 Å². The van der Waals surface area contributed by atoms with Crippen LogP contribution in [0.25, 0.3) is 11.0 Å². The minimum atomic E-state index is -0.336. The van der Waals surface area contributed by atoms with E-state index in [2.05, 4.69) is 29.3 Å². The molecule has 2 heterocycles. The van der Waals surface area contributed by atoms with Crippen LogP contribution in [0.5, 0.6) is 0 Å². The summed E-state index contributed by atoms with van der Waals surface area (Å²) in [4.78, 5) is 27.1. The number of amides is 1. The van der Waals surface area contributed by atoms with Crippen molar-refractivity contribution in [1.29, 1.82) is 0 Å². The molecule has 0 radical (unpaired) electrons. The lowest BCUT2D eigenvalue weighted by Gasteiger charge is -2.24. The Labute approximate surface area is 157 Å². The van der Waals surface area contributed by atoms with Gasteiger partial charge in [0.2, 0.25) is 0 Å². The number of carbonyl (C=O) groups excluding carboxylic acids is 1. The Morgan fingerprint density at radius 2 is 1.89 bits per heavy atom. The lowest BCUT2D eigenvalue weighted by molar-refractivity contribution is 0.0909. The zero-order chi connectivity index (χ0) is 18.8. The van der Waals surface area contributed by atoms with E-state index in [9.17, 15) is 9.59 Å². The van der Waals surface area contributed by atoms with Gasteiger partial charge in [0.1, 0.15) is 5.58 Å². The number of fused-ring (bicyclic) bond motifs is 1. The Hall–Kier alpha value is -2.92. The number of hydrogen-bond donors (Lipinski definition) is 1. The molecule has 1 amide bonds. The Kier molecular flexibility index (Phi) is 4.77. The average molecular weight is 362 g/mol. The molecular formula is C22H22N2O3. The van der Waals surface area contributed by atoms with Crippen molar-refractivity contribution in [2.45, 2.75) is 25.4 Å². The van der Waals surface area contributed by atoms with Gasteiger partial charge in [-0.25, -0.2) is 0 Å². The number of carbonyl (C=O) groups is 1. The second kappa shape index (κ2) is 7.37. The first-order chi connectivity index (χ1) is 13.1. The topological polar surface area (TPSA) is 62.6 Å². The molecule has 1 N–H and O–H groups in total. The van der Waals surface area contributed by atoms with Crippen LogP contribution in [0.15, 0.2) is 69.9 Å². The lowest BCUT2D eigenvalue weighted by Crippen LogP contribution is -2.37. The standard InChI is InChI=1S/C22H22N2O3/c1-15(16-7-3-2-4-8-16)24-12-11-17(14-24)23-22(26)21-13-19(25)18-9-5-6-10-20(18)27-21/h2-10,13,15,17H,11-12,14H2,1H3,(H,23,26). The molecule has 1 saturated heterocycles. The summed E-state index contributed by atoms with van der Waals surface area (Å²) in [6.45, 7) is 3.88. The van der Waals surface area contributed by atoms with Crippen LogP contribution in [0.1, 0.15) is 35.5 Å². The van der Waals surface area contributed by atoms with Gasteiger partial charge >= 0.3 is 0 Å². The quantitative estimate of drug-likeness (QED) is 0.773. The number of benzene rings is 2. The average Bonchev–Trinajstić information content (AvgIpc) is 3.16. The van der Waals surface area contributed by atoms with E-state index in [0.29, 0.717) is 17.0 Å². The van der Waals surface area contributed by atoms with E-state index in [0.717, 1.165) is 19.5 Å². The maximum Gasteiger partial charge on any atom is 0.287 e. The predicted octanol–water partition coefficient (Wildman–Crippen LogP) is 3.36. The van der Waals surface area contributed by atoms with Crippen molar-refractivity contribution in [2.24, 2.45) is 0 Å². The minimum Gasteiger partial charge on any atom is -0.451 e. The van der Waals surface area contributed by atoms with Crippen LogP contribution in [-0.4, -0.2) is 29.9 Å². The first-order valence-electron chi connectivity index (χ1n) is 9.24. The molecule has 1 aliphatic rings. The van der Waals surface area contributed by atoms with Crippen LogP contribution in [0.4, 0.5) is 0 Å². The monoisotopic (exact) mass is 362 g/mol. The molecule has 2 unspecified atom stereocenters. The van der Waals surface area contributed by atoms with E-state index >= 15 is 0 Å². The highest BCUT2D eigenvalue weighted by atomic mass is 16.3. The maximum atomic E-state index is 12.6. The van der Waals surface area contributed by atoms with Gasteiger partial charge in [-0.3, -0.25) is 14.5 Å². The van der Waals surface area contributed by atoms with Gasteiger partial charge in [0.15, 0.2) is 11.2 Å². The molecule has 5 nitrogen and oxygen atoms in total. The molecule has 27 heavy (non-hydrogen) atoms. The highest BCUT2D eigenvalue weighted by Crippen LogP contribution is 2.24. The van der Waals surface area contributed by atoms with Crippen LogP contribution < -0.4 is 10.7 Å². The molecule has 3 aromatic rings. The third-order valence-corrected chi connectivity index (χ3v) is 5.24. The van der Waals surface area contributed by atoms with E-state index < -0.39 is 0 Å². The summed E-state index contributed by atoms with van der Waals surface area (Å²) in [5.74, 6) is -0.273. The van der Waals surface area contributed by atoms with Gasteiger partial charge in [-0.1, -0.05) is 42.5 Å². The largest absolute Gasteiger partial charge is 0.451 e. The number of para-hydroxylation sites is 1. The summed E-state index contributed by atoms with van der Waals surface area (Å²) >= 11 is 0. The number of rotatable bonds is 4. The third kappa shape index (κ3) is 3.64. The van der Waals surface area contributed by atoms with Crippen LogP contribution >= 0.6 is 0 Å². The van der Waals surface area contributed by atoms with Crippen molar-refractivity contribution >= 4 is 16.9 Å². The predicted molar refractivity (Wildman–Crippen MR) is 105 cm³/mol. The van der Waals surface area contributed by atoms with Gasteiger partial charge in [0, 0.05) is 31.2 Å². The van der Waals surface area contributed by atoms with E-state index in [1.165, 1.54) is 11.6 Å². The number of nitrogens with zero attached hydrogens (tertiary/aromatic N) is 1. The molecule has 0 saturated carbocycles. The molecule has 4 rings (SSSR count). The van der Waals surface area contributed by atoms with Gasteiger partial charge in [-0.15, -0.1) is 0 Å². The summed E-state index contributed by atoms with van der Waals surface area (Å²) < 4.78 is 5.63. The number of likely N-dealkylation sites (tertiary alicyclic amines) is 1. The molecule has 1 aromatic heterocycles. The smallest absolute Gasteiger partial charge is 0.287 e. The van der Waals surface area contributed by atoms with Crippen molar-refractivity contribution in [3.05, 3.63) is 82.2 Å². The molecular weight excluding hydrogens is 340 g/mol. The fourth-order valence-electron chi connectivity index (χ4n) is 3.67. The lowest BCUT2D eigenvalue weighted by atomic mass is 10.1. The van der Waals surface area contributed by atoms with Crippen molar-refractivity contribution in [2.75, 3.05) is 13.1 Å². The minimum absolute atomic E-state index is 0.0421. The van der Waals surface area contributed by atoms with E-state index in [4.69, 9.17) is 4.42 Å². The second-order valence-electron chi connectivity index (χ2n) is 7.01. The second-order valence-corrected chi connectivity index (χ2v) is 7.01. The number of nitrogens with one attached hydrogen (secondary N) is 1. The van der Waals surface area contributed by atoms with Gasteiger partial charge in [-0.05, 0) is 31.0 Å². The SMILES string of the molecule is CC(c1ccccc1)N1CCC(NC(=O)c2cc(=O)c3ccccc3o2)C1. The van der Waals surface area contributed by atoms with Crippen LogP contribution in [-0.2, 0) is 0 Å². The summed E-state index contributed by atoms with van der Waals surface area (Å²) in [6, 6.07) is 18.9. The zero-order valence-corrected chi connectivity index (χ0v) is 15.2. The molecule has 1 fully saturated rings. The molecule has 2 atom stereocenters. The fourth-order valence-corrected chi connectivity index (χ4v) is 3.67. The van der Waals surface area contributed by atoms with Crippen molar-refractivity contribution in [3.8, 4) is 0 Å². The Bertz CT molecular complexity index is 1010. The first-order valence-corrected chi connectivity index (χ1v) is 9.24. The van der Waals surface area contributed by atoms with Crippen LogP contribution in [0, 0.1) is 0 Å².